The van der Waals surface area contributed by atoms with E-state index in [1.165, 1.54) is 12.1 Å². The monoisotopic (exact) mass is 268 g/mol. The molecule has 1 N–H and O–H groups in total. The molecule has 0 amide bonds. The minimum absolute atomic E-state index is 0.222. The van der Waals surface area contributed by atoms with Crippen LogP contribution in [0.1, 0.15) is 33.1 Å². The van der Waals surface area contributed by atoms with E-state index >= 15 is 0 Å². The van der Waals surface area contributed by atoms with E-state index in [1.54, 1.807) is 0 Å². The average Bonchev–Trinajstić information content (AvgIpc) is 2.59. The third-order valence-corrected chi connectivity index (χ3v) is 3.78. The Balaban J connectivity index is 1.98. The van der Waals surface area contributed by atoms with Crippen LogP contribution in [0.2, 0.25) is 0 Å². The Hall–Kier alpha value is -1.16. The summed E-state index contributed by atoms with van der Waals surface area (Å²) < 4.78 is 26.7. The Morgan fingerprint density at radius 3 is 2.74 bits per heavy atom. The summed E-state index contributed by atoms with van der Waals surface area (Å²) in [4.78, 5) is 2.43. The lowest BCUT2D eigenvalue weighted by Gasteiger charge is -2.24. The number of rotatable bonds is 3. The van der Waals surface area contributed by atoms with E-state index < -0.39 is 5.82 Å². The summed E-state index contributed by atoms with van der Waals surface area (Å²) in [6.45, 7) is 6.48. The highest BCUT2D eigenvalue weighted by atomic mass is 19.1. The van der Waals surface area contributed by atoms with E-state index in [2.05, 4.69) is 24.1 Å². The van der Waals surface area contributed by atoms with Crippen LogP contribution in [-0.4, -0.2) is 30.1 Å². The first kappa shape index (κ1) is 14.3. The van der Waals surface area contributed by atoms with Gasteiger partial charge in [-0.05, 0) is 57.9 Å². The van der Waals surface area contributed by atoms with Crippen LogP contribution in [0, 0.1) is 11.6 Å². The van der Waals surface area contributed by atoms with Crippen LogP contribution in [-0.2, 0) is 0 Å². The molecular formula is C15H22F2N2. The maximum Gasteiger partial charge on any atom is 0.146 e. The third-order valence-electron chi connectivity index (χ3n) is 3.78. The first-order valence-corrected chi connectivity index (χ1v) is 7.02. The normalized spacial score (nSPS) is 21.4. The van der Waals surface area contributed by atoms with Crippen molar-refractivity contribution in [3.8, 4) is 0 Å². The molecule has 1 fully saturated rings. The fraction of sp³-hybridized carbons (Fsp3) is 0.600. The Kier molecular flexibility index (Phi) is 4.75. The van der Waals surface area contributed by atoms with Gasteiger partial charge in [0.05, 0.1) is 5.69 Å². The Morgan fingerprint density at radius 2 is 2.00 bits per heavy atom. The molecule has 0 saturated carbocycles. The molecule has 1 atom stereocenters. The van der Waals surface area contributed by atoms with Gasteiger partial charge in [-0.25, -0.2) is 8.78 Å². The van der Waals surface area contributed by atoms with Crippen LogP contribution in [0.5, 0.6) is 0 Å². The van der Waals surface area contributed by atoms with Crippen molar-refractivity contribution in [3.05, 3.63) is 29.8 Å². The Morgan fingerprint density at radius 1 is 1.21 bits per heavy atom. The van der Waals surface area contributed by atoms with E-state index in [1.807, 2.05) is 0 Å². The zero-order valence-corrected chi connectivity index (χ0v) is 11.6. The van der Waals surface area contributed by atoms with Gasteiger partial charge < -0.3 is 10.2 Å². The van der Waals surface area contributed by atoms with Crippen LogP contribution >= 0.6 is 0 Å². The van der Waals surface area contributed by atoms with Crippen molar-refractivity contribution in [2.75, 3.05) is 18.4 Å². The maximum absolute atomic E-state index is 13.6. The largest absolute Gasteiger partial charge is 0.380 e. The molecule has 1 saturated heterocycles. The number of halogens is 2. The number of hydrogen-bond acceptors (Lipinski definition) is 2. The summed E-state index contributed by atoms with van der Waals surface area (Å²) in [5, 5.41) is 3.15. The van der Waals surface area contributed by atoms with Crippen molar-refractivity contribution in [1.82, 2.24) is 4.90 Å². The Labute approximate surface area is 113 Å². The predicted molar refractivity (Wildman–Crippen MR) is 74.3 cm³/mol. The fourth-order valence-electron chi connectivity index (χ4n) is 2.61. The van der Waals surface area contributed by atoms with Crippen molar-refractivity contribution < 1.29 is 8.78 Å². The molecule has 1 aromatic carbocycles. The smallest absolute Gasteiger partial charge is 0.146 e. The molecule has 1 aliphatic heterocycles. The molecule has 2 nitrogen and oxygen atoms in total. The third kappa shape index (κ3) is 3.90. The summed E-state index contributed by atoms with van der Waals surface area (Å²) in [7, 11) is 0. The summed E-state index contributed by atoms with van der Waals surface area (Å²) in [6.07, 6.45) is 3.06. The van der Waals surface area contributed by atoms with E-state index in [0.717, 1.165) is 38.4 Å². The summed E-state index contributed by atoms with van der Waals surface area (Å²) in [5.41, 5.74) is 0.281. The molecule has 0 spiro atoms. The van der Waals surface area contributed by atoms with Crippen LogP contribution in [0.15, 0.2) is 18.2 Å². The highest BCUT2D eigenvalue weighted by molar-refractivity contribution is 5.45. The van der Waals surface area contributed by atoms with Gasteiger partial charge in [-0.3, -0.25) is 0 Å². The highest BCUT2D eigenvalue weighted by Crippen LogP contribution is 2.21. The first-order valence-electron chi connectivity index (χ1n) is 7.02. The predicted octanol–water partition coefficient (Wildman–Crippen LogP) is 3.64. The van der Waals surface area contributed by atoms with Gasteiger partial charge in [-0.1, -0.05) is 0 Å². The van der Waals surface area contributed by atoms with Gasteiger partial charge in [0.25, 0.3) is 0 Å². The minimum Gasteiger partial charge on any atom is -0.380 e. The van der Waals surface area contributed by atoms with E-state index in [9.17, 15) is 8.78 Å². The lowest BCUT2D eigenvalue weighted by molar-refractivity contribution is 0.230. The standard InChI is InChI=1S/C15H22F2N2/c1-11(2)19-8-3-4-13(7-9-19)18-15-10-12(16)5-6-14(15)17/h5-6,10-11,13,18H,3-4,7-9H2,1-2H3. The van der Waals surface area contributed by atoms with Crippen molar-refractivity contribution in [3.63, 3.8) is 0 Å². The van der Waals surface area contributed by atoms with Crippen molar-refractivity contribution >= 4 is 5.69 Å². The second-order valence-corrected chi connectivity index (χ2v) is 5.53. The molecule has 19 heavy (non-hydrogen) atoms. The number of hydrogen-bond donors (Lipinski definition) is 1. The van der Waals surface area contributed by atoms with Crippen LogP contribution in [0.25, 0.3) is 0 Å². The molecular weight excluding hydrogens is 246 g/mol. The molecule has 2 rings (SSSR count). The van der Waals surface area contributed by atoms with Crippen LogP contribution < -0.4 is 5.32 Å². The van der Waals surface area contributed by atoms with E-state index in [0.29, 0.717) is 6.04 Å². The minimum atomic E-state index is -0.402. The van der Waals surface area contributed by atoms with Crippen LogP contribution in [0.4, 0.5) is 14.5 Å². The Bertz CT molecular complexity index is 421. The van der Waals surface area contributed by atoms with Gasteiger partial charge in [0.2, 0.25) is 0 Å². The molecule has 0 radical (unpaired) electrons. The number of benzene rings is 1. The van der Waals surface area contributed by atoms with E-state index in [4.69, 9.17) is 0 Å². The van der Waals surface area contributed by atoms with Gasteiger partial charge in [0, 0.05) is 18.6 Å². The lowest BCUT2D eigenvalue weighted by Crippen LogP contribution is -2.32. The summed E-state index contributed by atoms with van der Waals surface area (Å²) >= 11 is 0. The van der Waals surface area contributed by atoms with Crippen molar-refractivity contribution in [1.29, 1.82) is 0 Å². The summed E-state index contributed by atoms with van der Waals surface area (Å²) in [6, 6.07) is 4.33. The first-order chi connectivity index (χ1) is 9.06. The second-order valence-electron chi connectivity index (χ2n) is 5.53. The highest BCUT2D eigenvalue weighted by Gasteiger charge is 2.19. The number of nitrogens with one attached hydrogen (secondary N) is 1. The zero-order valence-electron chi connectivity index (χ0n) is 11.6. The summed E-state index contributed by atoms with van der Waals surface area (Å²) in [5.74, 6) is -0.785. The second kappa shape index (κ2) is 6.33. The van der Waals surface area contributed by atoms with Crippen molar-refractivity contribution in [2.45, 2.75) is 45.2 Å². The van der Waals surface area contributed by atoms with Gasteiger partial charge >= 0.3 is 0 Å². The maximum atomic E-state index is 13.6. The SMILES string of the molecule is CC(C)N1CCCC(Nc2cc(F)ccc2F)CC1. The fourth-order valence-corrected chi connectivity index (χ4v) is 2.61. The molecule has 0 bridgehead atoms. The van der Waals surface area contributed by atoms with Gasteiger partial charge in [0.1, 0.15) is 11.6 Å². The molecule has 4 heteroatoms. The number of nitrogens with zero attached hydrogens (tertiary/aromatic N) is 1. The van der Waals surface area contributed by atoms with Gasteiger partial charge in [-0.15, -0.1) is 0 Å². The molecule has 1 heterocycles. The molecule has 0 aromatic heterocycles. The quantitative estimate of drug-likeness (QED) is 0.900. The number of likely N-dealkylation sites (tertiary alicyclic amines) is 1. The zero-order chi connectivity index (χ0) is 13.8. The van der Waals surface area contributed by atoms with E-state index in [-0.39, 0.29) is 17.5 Å². The van der Waals surface area contributed by atoms with Crippen LogP contribution in [0.3, 0.4) is 0 Å². The average molecular weight is 268 g/mol. The molecule has 1 aliphatic rings. The topological polar surface area (TPSA) is 15.3 Å². The van der Waals surface area contributed by atoms with Gasteiger partial charge in [-0.2, -0.15) is 0 Å². The molecule has 0 aliphatic carbocycles. The lowest BCUT2D eigenvalue weighted by atomic mass is 10.1. The molecule has 1 aromatic rings. The van der Waals surface area contributed by atoms with Crippen molar-refractivity contribution in [2.24, 2.45) is 0 Å². The molecule has 106 valence electrons. The number of anilines is 1. The van der Waals surface area contributed by atoms with Gasteiger partial charge in [0.15, 0.2) is 0 Å². The molecule has 1 unspecified atom stereocenters.